The van der Waals surface area contributed by atoms with Crippen molar-refractivity contribution in [2.45, 2.75) is 30.1 Å². The minimum atomic E-state index is 0.255. The Labute approximate surface area is 138 Å². The Morgan fingerprint density at radius 3 is 2.83 bits per heavy atom. The predicted octanol–water partition coefficient (Wildman–Crippen LogP) is 4.52. The maximum atomic E-state index is 11.5. The number of Topliss-reactive ketones (excluding diaryl/α,β-unsaturated/α-hetero) is 1. The van der Waals surface area contributed by atoms with E-state index in [2.05, 4.69) is 32.9 Å². The van der Waals surface area contributed by atoms with E-state index in [9.17, 15) is 4.79 Å². The zero-order valence-electron chi connectivity index (χ0n) is 12.6. The number of imidazole rings is 1. The molecule has 0 radical (unpaired) electrons. The average Bonchev–Trinajstić information content (AvgIpc) is 3.19. The van der Waals surface area contributed by atoms with E-state index in [1.807, 2.05) is 30.3 Å². The number of aromatic amines is 1. The molecule has 4 nitrogen and oxygen atoms in total. The first-order valence-corrected chi connectivity index (χ1v) is 8.59. The second-order valence-electron chi connectivity index (χ2n) is 5.85. The molecule has 3 aromatic rings. The number of carbonyl (C=O) groups is 1. The van der Waals surface area contributed by atoms with Gasteiger partial charge in [0, 0.05) is 29.3 Å². The molecule has 1 heterocycles. The highest BCUT2D eigenvalue weighted by molar-refractivity contribution is 8.00. The molecule has 5 heteroatoms. The highest BCUT2D eigenvalue weighted by atomic mass is 32.2. The summed E-state index contributed by atoms with van der Waals surface area (Å²) in [4.78, 5) is 20.7. The lowest BCUT2D eigenvalue weighted by Gasteiger charge is -2.04. The first-order chi connectivity index (χ1) is 11.3. The monoisotopic (exact) mass is 323 g/mol. The minimum absolute atomic E-state index is 0.255. The fourth-order valence-electron chi connectivity index (χ4n) is 2.94. The lowest BCUT2D eigenvalue weighted by atomic mass is 10.1. The fourth-order valence-corrected chi connectivity index (χ4v) is 3.60. The summed E-state index contributed by atoms with van der Waals surface area (Å²) in [5.41, 5.74) is 3.00. The van der Waals surface area contributed by atoms with Crippen LogP contribution in [0.15, 0.2) is 53.4 Å². The second kappa shape index (κ2) is 6.08. The van der Waals surface area contributed by atoms with Crippen molar-refractivity contribution in [1.82, 2.24) is 9.97 Å². The van der Waals surface area contributed by atoms with E-state index in [-0.39, 0.29) is 5.92 Å². The molecule has 116 valence electrons. The highest BCUT2D eigenvalue weighted by Gasteiger charge is 2.26. The van der Waals surface area contributed by atoms with Gasteiger partial charge >= 0.3 is 0 Å². The van der Waals surface area contributed by atoms with Crippen molar-refractivity contribution < 1.29 is 4.79 Å². The van der Waals surface area contributed by atoms with Crippen LogP contribution in [0.2, 0.25) is 0 Å². The van der Waals surface area contributed by atoms with Crippen LogP contribution in [-0.4, -0.2) is 15.8 Å². The molecule has 1 aromatic heterocycles. The van der Waals surface area contributed by atoms with E-state index in [0.29, 0.717) is 18.6 Å². The van der Waals surface area contributed by atoms with Gasteiger partial charge < -0.3 is 9.71 Å². The third-order valence-corrected chi connectivity index (χ3v) is 5.01. The molecule has 23 heavy (non-hydrogen) atoms. The topological polar surface area (TPSA) is 57.8 Å². The van der Waals surface area contributed by atoms with Crippen LogP contribution >= 0.6 is 11.9 Å². The molecule has 1 unspecified atom stereocenters. The van der Waals surface area contributed by atoms with Crippen molar-refractivity contribution in [3.05, 3.63) is 54.4 Å². The molecule has 1 atom stereocenters. The van der Waals surface area contributed by atoms with Crippen LogP contribution in [0.3, 0.4) is 0 Å². The number of ketones is 1. The molecule has 1 aliphatic carbocycles. The van der Waals surface area contributed by atoms with Crippen molar-refractivity contribution in [2.75, 3.05) is 4.72 Å². The number of H-pyrrole nitrogens is 1. The van der Waals surface area contributed by atoms with Crippen LogP contribution in [-0.2, 0) is 4.79 Å². The van der Waals surface area contributed by atoms with Gasteiger partial charge in [-0.1, -0.05) is 18.2 Å². The number of nitrogens with one attached hydrogen (secondary N) is 2. The lowest BCUT2D eigenvalue weighted by molar-refractivity contribution is -0.117. The van der Waals surface area contributed by atoms with E-state index >= 15 is 0 Å². The zero-order chi connectivity index (χ0) is 15.6. The lowest BCUT2D eigenvalue weighted by Crippen LogP contribution is -1.96. The van der Waals surface area contributed by atoms with Crippen LogP contribution in [0.4, 0.5) is 5.69 Å². The molecule has 0 bridgehead atoms. The van der Waals surface area contributed by atoms with E-state index in [4.69, 9.17) is 0 Å². The Morgan fingerprint density at radius 1 is 1.17 bits per heavy atom. The van der Waals surface area contributed by atoms with Crippen molar-refractivity contribution in [1.29, 1.82) is 0 Å². The second-order valence-corrected chi connectivity index (χ2v) is 6.73. The Kier molecular flexibility index (Phi) is 3.79. The molecule has 0 amide bonds. The third-order valence-electron chi connectivity index (χ3n) is 4.16. The first-order valence-electron chi connectivity index (χ1n) is 7.77. The molecule has 1 aliphatic rings. The van der Waals surface area contributed by atoms with Crippen LogP contribution in [0.1, 0.15) is 31.0 Å². The molecule has 0 aliphatic heterocycles. The fraction of sp³-hybridized carbons (Fsp3) is 0.222. The smallest absolute Gasteiger partial charge is 0.133 e. The quantitative estimate of drug-likeness (QED) is 0.693. The van der Waals surface area contributed by atoms with Gasteiger partial charge in [-0.3, -0.25) is 4.79 Å². The third kappa shape index (κ3) is 3.10. The molecular weight excluding hydrogens is 306 g/mol. The highest BCUT2D eigenvalue weighted by Crippen LogP contribution is 2.32. The summed E-state index contributed by atoms with van der Waals surface area (Å²) >= 11 is 1.59. The maximum absolute atomic E-state index is 11.5. The Morgan fingerprint density at radius 2 is 2.04 bits per heavy atom. The van der Waals surface area contributed by atoms with Crippen molar-refractivity contribution in [3.63, 3.8) is 0 Å². The standard InChI is InChI=1S/C18H17N3OS/c22-14-8-6-12(10-14)18-19-16-9-7-13(11-17(16)20-18)21-23-15-4-2-1-3-5-15/h1-5,7,9,11-12,21H,6,8,10H2,(H,19,20). The summed E-state index contributed by atoms with van der Waals surface area (Å²) in [6.45, 7) is 0. The molecular formula is C18H17N3OS. The average molecular weight is 323 g/mol. The molecule has 2 N–H and O–H groups in total. The first kappa shape index (κ1) is 14.3. The van der Waals surface area contributed by atoms with Gasteiger partial charge in [0.05, 0.1) is 11.0 Å². The Hall–Kier alpha value is -2.27. The molecule has 0 spiro atoms. The number of benzene rings is 2. The van der Waals surface area contributed by atoms with Gasteiger partial charge in [0.2, 0.25) is 0 Å². The van der Waals surface area contributed by atoms with Crippen LogP contribution in [0, 0.1) is 0 Å². The van der Waals surface area contributed by atoms with Crippen molar-refractivity contribution >= 4 is 34.5 Å². The molecule has 2 aromatic carbocycles. The maximum Gasteiger partial charge on any atom is 0.133 e. The van der Waals surface area contributed by atoms with Crippen LogP contribution < -0.4 is 4.72 Å². The van der Waals surface area contributed by atoms with Crippen LogP contribution in [0.5, 0.6) is 0 Å². The number of hydrogen-bond acceptors (Lipinski definition) is 4. The SMILES string of the molecule is O=C1CCC(c2nc3ccc(NSc4ccccc4)cc3[nH]2)C1. The number of fused-ring (bicyclic) bond motifs is 1. The predicted molar refractivity (Wildman–Crippen MR) is 93.6 cm³/mol. The number of aromatic nitrogens is 2. The number of nitrogens with zero attached hydrogens (tertiary/aromatic N) is 1. The zero-order valence-corrected chi connectivity index (χ0v) is 13.4. The molecule has 1 fully saturated rings. The summed E-state index contributed by atoms with van der Waals surface area (Å²) in [7, 11) is 0. The number of hydrogen-bond donors (Lipinski definition) is 2. The van der Waals surface area contributed by atoms with E-state index in [1.165, 1.54) is 4.90 Å². The number of carbonyl (C=O) groups excluding carboxylic acids is 1. The van der Waals surface area contributed by atoms with E-state index in [0.717, 1.165) is 29.0 Å². The van der Waals surface area contributed by atoms with Crippen molar-refractivity contribution in [2.24, 2.45) is 0 Å². The van der Waals surface area contributed by atoms with Gasteiger partial charge in [-0.2, -0.15) is 0 Å². The van der Waals surface area contributed by atoms with E-state index in [1.54, 1.807) is 11.9 Å². The van der Waals surface area contributed by atoms with Gasteiger partial charge in [-0.15, -0.1) is 0 Å². The van der Waals surface area contributed by atoms with E-state index < -0.39 is 0 Å². The van der Waals surface area contributed by atoms with Gasteiger partial charge in [-0.05, 0) is 48.7 Å². The summed E-state index contributed by atoms with van der Waals surface area (Å²) in [5.74, 6) is 1.54. The molecule has 0 saturated heterocycles. The van der Waals surface area contributed by atoms with Crippen molar-refractivity contribution in [3.8, 4) is 0 Å². The van der Waals surface area contributed by atoms with Gasteiger partial charge in [0.15, 0.2) is 0 Å². The normalized spacial score (nSPS) is 17.7. The largest absolute Gasteiger partial charge is 0.342 e. The summed E-state index contributed by atoms with van der Waals surface area (Å²) in [6, 6.07) is 16.3. The van der Waals surface area contributed by atoms with Crippen LogP contribution in [0.25, 0.3) is 11.0 Å². The number of anilines is 1. The summed E-state index contributed by atoms with van der Waals surface area (Å²) < 4.78 is 3.35. The minimum Gasteiger partial charge on any atom is -0.342 e. The Bertz CT molecular complexity index is 844. The Balaban J connectivity index is 1.52. The molecule has 4 rings (SSSR count). The summed E-state index contributed by atoms with van der Waals surface area (Å²) in [6.07, 6.45) is 2.21. The summed E-state index contributed by atoms with van der Waals surface area (Å²) in [5, 5.41) is 0. The van der Waals surface area contributed by atoms with Gasteiger partial charge in [-0.25, -0.2) is 4.98 Å². The number of rotatable bonds is 4. The van der Waals surface area contributed by atoms with Gasteiger partial charge in [0.25, 0.3) is 0 Å². The molecule has 1 saturated carbocycles. The van der Waals surface area contributed by atoms with Gasteiger partial charge in [0.1, 0.15) is 11.6 Å².